The first-order valence-corrected chi connectivity index (χ1v) is 9.60. The van der Waals surface area contributed by atoms with Gasteiger partial charge in [-0.25, -0.2) is 4.79 Å². The molecule has 28 heavy (non-hydrogen) atoms. The lowest BCUT2D eigenvalue weighted by atomic mass is 9.83. The summed E-state index contributed by atoms with van der Waals surface area (Å²) in [5.74, 6) is 0.134. The maximum absolute atomic E-state index is 12.5. The Labute approximate surface area is 163 Å². The van der Waals surface area contributed by atoms with Gasteiger partial charge in [0.15, 0.2) is 0 Å². The summed E-state index contributed by atoms with van der Waals surface area (Å²) in [4.78, 5) is 29.8. The van der Waals surface area contributed by atoms with Gasteiger partial charge in [-0.15, -0.1) is 0 Å². The Morgan fingerprint density at radius 1 is 1.18 bits per heavy atom. The van der Waals surface area contributed by atoms with E-state index in [1.807, 2.05) is 49.0 Å². The van der Waals surface area contributed by atoms with Crippen molar-refractivity contribution in [1.29, 1.82) is 0 Å². The third-order valence-electron chi connectivity index (χ3n) is 5.48. The Morgan fingerprint density at radius 2 is 1.96 bits per heavy atom. The highest BCUT2D eigenvalue weighted by molar-refractivity contribution is 5.67. The molecule has 0 saturated carbocycles. The number of hydrogen-bond acceptors (Lipinski definition) is 3. The standard InChI is InChI=1S/C22H24N4O2/c1-14-19(13-26(2)25-14)16-8-10-17(11-9-16)20-18(21(27)24-22(28)23-20)12-15-6-4-3-5-7-15/h3-8,13,17H,9-12H2,1-2H3,(H2,23,24,27,28). The van der Waals surface area contributed by atoms with Gasteiger partial charge in [-0.05, 0) is 37.3 Å². The second kappa shape index (κ2) is 7.46. The normalized spacial score (nSPS) is 16.8. The number of allylic oxidation sites excluding steroid dienone is 2. The molecule has 1 aromatic carbocycles. The van der Waals surface area contributed by atoms with Crippen LogP contribution in [-0.2, 0) is 13.5 Å². The van der Waals surface area contributed by atoms with Crippen molar-refractivity contribution in [3.63, 3.8) is 0 Å². The fraction of sp³-hybridized carbons (Fsp3) is 0.318. The van der Waals surface area contributed by atoms with Crippen molar-refractivity contribution in [1.82, 2.24) is 19.7 Å². The number of nitrogens with one attached hydrogen (secondary N) is 2. The lowest BCUT2D eigenvalue weighted by molar-refractivity contribution is 0.595. The first-order chi connectivity index (χ1) is 13.5. The minimum atomic E-state index is -0.435. The highest BCUT2D eigenvalue weighted by Gasteiger charge is 2.23. The second-order valence-corrected chi connectivity index (χ2v) is 7.47. The summed E-state index contributed by atoms with van der Waals surface area (Å²) in [6.07, 6.45) is 7.38. The molecule has 6 heteroatoms. The van der Waals surface area contributed by atoms with Gasteiger partial charge in [0.1, 0.15) is 0 Å². The maximum atomic E-state index is 12.5. The fourth-order valence-electron chi connectivity index (χ4n) is 4.11. The van der Waals surface area contributed by atoms with E-state index in [0.29, 0.717) is 12.0 Å². The van der Waals surface area contributed by atoms with Gasteiger partial charge in [-0.3, -0.25) is 14.5 Å². The monoisotopic (exact) mass is 376 g/mol. The van der Waals surface area contributed by atoms with Crippen molar-refractivity contribution >= 4 is 5.57 Å². The van der Waals surface area contributed by atoms with Crippen LogP contribution < -0.4 is 11.2 Å². The van der Waals surface area contributed by atoms with Gasteiger partial charge in [0, 0.05) is 42.4 Å². The van der Waals surface area contributed by atoms with Gasteiger partial charge in [0.2, 0.25) is 0 Å². The van der Waals surface area contributed by atoms with Gasteiger partial charge in [0.05, 0.1) is 5.69 Å². The van der Waals surface area contributed by atoms with E-state index >= 15 is 0 Å². The average molecular weight is 376 g/mol. The Kier molecular flexibility index (Phi) is 4.86. The van der Waals surface area contributed by atoms with E-state index in [4.69, 9.17) is 0 Å². The zero-order valence-corrected chi connectivity index (χ0v) is 16.2. The molecule has 6 nitrogen and oxygen atoms in total. The molecule has 3 aromatic rings. The summed E-state index contributed by atoms with van der Waals surface area (Å²) in [6.45, 7) is 2.02. The summed E-state index contributed by atoms with van der Waals surface area (Å²) >= 11 is 0. The molecule has 0 radical (unpaired) electrons. The van der Waals surface area contributed by atoms with Crippen LogP contribution in [0.1, 0.15) is 53.3 Å². The van der Waals surface area contributed by atoms with Crippen molar-refractivity contribution in [2.45, 2.75) is 38.5 Å². The van der Waals surface area contributed by atoms with Crippen LogP contribution in [0.3, 0.4) is 0 Å². The van der Waals surface area contributed by atoms with Crippen molar-refractivity contribution in [2.24, 2.45) is 7.05 Å². The highest BCUT2D eigenvalue weighted by Crippen LogP contribution is 2.36. The largest absolute Gasteiger partial charge is 0.325 e. The zero-order valence-electron chi connectivity index (χ0n) is 16.2. The molecule has 2 aromatic heterocycles. The smallest absolute Gasteiger partial charge is 0.311 e. The molecule has 0 bridgehead atoms. The molecule has 4 rings (SSSR count). The topological polar surface area (TPSA) is 83.5 Å². The van der Waals surface area contributed by atoms with Crippen molar-refractivity contribution in [2.75, 3.05) is 0 Å². The lowest BCUT2D eigenvalue weighted by Gasteiger charge is -2.23. The Bertz CT molecular complexity index is 1140. The van der Waals surface area contributed by atoms with Crippen molar-refractivity contribution in [3.05, 3.63) is 91.5 Å². The molecule has 1 unspecified atom stereocenters. The van der Waals surface area contributed by atoms with Crippen LogP contribution in [0.2, 0.25) is 0 Å². The molecule has 144 valence electrons. The van der Waals surface area contributed by atoms with Crippen LogP contribution in [0.25, 0.3) is 5.57 Å². The van der Waals surface area contributed by atoms with E-state index in [9.17, 15) is 9.59 Å². The van der Waals surface area contributed by atoms with Gasteiger partial charge < -0.3 is 4.98 Å². The quantitative estimate of drug-likeness (QED) is 0.734. The number of rotatable bonds is 4. The summed E-state index contributed by atoms with van der Waals surface area (Å²) in [6, 6.07) is 9.87. The minimum Gasteiger partial charge on any atom is -0.311 e. The first kappa shape index (κ1) is 18.2. The third kappa shape index (κ3) is 3.63. The third-order valence-corrected chi connectivity index (χ3v) is 5.48. The molecule has 0 amide bonds. The molecule has 2 heterocycles. The summed E-state index contributed by atoms with van der Waals surface area (Å²) < 4.78 is 1.84. The van der Waals surface area contributed by atoms with Crippen LogP contribution in [0, 0.1) is 6.92 Å². The van der Waals surface area contributed by atoms with Crippen molar-refractivity contribution < 1.29 is 0 Å². The van der Waals surface area contributed by atoms with E-state index in [-0.39, 0.29) is 11.5 Å². The maximum Gasteiger partial charge on any atom is 0.325 e. The van der Waals surface area contributed by atoms with Crippen LogP contribution in [-0.4, -0.2) is 19.7 Å². The zero-order chi connectivity index (χ0) is 19.7. The summed E-state index contributed by atoms with van der Waals surface area (Å²) in [5, 5.41) is 4.43. The second-order valence-electron chi connectivity index (χ2n) is 7.47. The molecule has 0 aliphatic heterocycles. The van der Waals surface area contributed by atoms with Gasteiger partial charge >= 0.3 is 5.69 Å². The molecule has 0 fully saturated rings. The number of benzene rings is 1. The van der Waals surface area contributed by atoms with E-state index in [0.717, 1.165) is 36.2 Å². The summed E-state index contributed by atoms with van der Waals surface area (Å²) in [7, 11) is 1.93. The number of aromatic amines is 2. The van der Waals surface area contributed by atoms with Crippen LogP contribution in [0.5, 0.6) is 0 Å². The Hall–Kier alpha value is -3.15. The summed E-state index contributed by atoms with van der Waals surface area (Å²) in [5.41, 5.74) is 5.26. The molecule has 2 N–H and O–H groups in total. The van der Waals surface area contributed by atoms with Gasteiger partial charge in [-0.1, -0.05) is 36.4 Å². The molecular weight excluding hydrogens is 352 g/mol. The number of H-pyrrole nitrogens is 2. The van der Waals surface area contributed by atoms with Crippen LogP contribution in [0.15, 0.2) is 52.2 Å². The molecule has 1 aliphatic carbocycles. The minimum absolute atomic E-state index is 0.134. The predicted octanol–water partition coefficient (Wildman–Crippen LogP) is 3.05. The Morgan fingerprint density at radius 3 is 2.61 bits per heavy atom. The Balaban J connectivity index is 1.65. The fourth-order valence-corrected chi connectivity index (χ4v) is 4.11. The van der Waals surface area contributed by atoms with Gasteiger partial charge in [-0.2, -0.15) is 5.10 Å². The number of nitrogens with zero attached hydrogens (tertiary/aromatic N) is 2. The predicted molar refractivity (Wildman–Crippen MR) is 109 cm³/mol. The van der Waals surface area contributed by atoms with E-state index in [1.165, 1.54) is 11.1 Å². The molecule has 0 saturated heterocycles. The molecule has 1 aliphatic rings. The molecule has 0 spiro atoms. The van der Waals surface area contributed by atoms with E-state index in [1.54, 1.807) is 0 Å². The first-order valence-electron chi connectivity index (χ1n) is 9.60. The molecule has 1 atom stereocenters. The van der Waals surface area contributed by atoms with E-state index < -0.39 is 5.69 Å². The number of aryl methyl sites for hydroxylation is 2. The molecular formula is C22H24N4O2. The number of aromatic nitrogens is 4. The number of hydrogen-bond donors (Lipinski definition) is 2. The van der Waals surface area contributed by atoms with E-state index in [2.05, 4.69) is 27.3 Å². The lowest BCUT2D eigenvalue weighted by Crippen LogP contribution is -2.30. The highest BCUT2D eigenvalue weighted by atomic mass is 16.2. The van der Waals surface area contributed by atoms with Crippen LogP contribution >= 0.6 is 0 Å². The van der Waals surface area contributed by atoms with Crippen molar-refractivity contribution in [3.8, 4) is 0 Å². The van der Waals surface area contributed by atoms with Crippen LogP contribution in [0.4, 0.5) is 0 Å². The average Bonchev–Trinajstić information content (AvgIpc) is 3.03. The SMILES string of the molecule is Cc1nn(C)cc1C1=CCC(c2[nH]c(=O)[nH]c(=O)c2Cc2ccccc2)CC1. The van der Waals surface area contributed by atoms with Gasteiger partial charge in [0.25, 0.3) is 5.56 Å².